The van der Waals surface area contributed by atoms with Gasteiger partial charge in [0.2, 0.25) is 0 Å². The van der Waals surface area contributed by atoms with E-state index < -0.39 is 5.82 Å². The van der Waals surface area contributed by atoms with Gasteiger partial charge in [0.1, 0.15) is 5.82 Å². The smallest absolute Gasteiger partial charge is 0.148 e. The van der Waals surface area contributed by atoms with Crippen LogP contribution in [0.15, 0.2) is 18.2 Å². The molecule has 3 nitrogen and oxygen atoms in total. The van der Waals surface area contributed by atoms with Crippen LogP contribution in [0.5, 0.6) is 0 Å². The molecule has 0 bridgehead atoms. The Kier molecular flexibility index (Phi) is 3.71. The predicted molar refractivity (Wildman–Crippen MR) is 55.8 cm³/mol. The van der Waals surface area contributed by atoms with Crippen LogP contribution in [0, 0.1) is 5.82 Å². The van der Waals surface area contributed by atoms with Gasteiger partial charge in [-0.05, 0) is 19.1 Å². The van der Waals surface area contributed by atoms with Gasteiger partial charge >= 0.3 is 0 Å². The van der Waals surface area contributed by atoms with E-state index in [1.165, 1.54) is 6.07 Å². The van der Waals surface area contributed by atoms with Crippen molar-refractivity contribution in [3.63, 3.8) is 0 Å². The zero-order chi connectivity index (χ0) is 10.6. The van der Waals surface area contributed by atoms with Crippen molar-refractivity contribution in [2.45, 2.75) is 6.92 Å². The summed E-state index contributed by atoms with van der Waals surface area (Å²) in [4.78, 5) is 1.83. The molecule has 0 radical (unpaired) electrons. The highest BCUT2D eigenvalue weighted by Crippen LogP contribution is 2.24. The van der Waals surface area contributed by atoms with E-state index in [1.807, 2.05) is 11.8 Å². The van der Waals surface area contributed by atoms with E-state index in [2.05, 4.69) is 0 Å². The normalized spacial score (nSPS) is 10.2. The van der Waals surface area contributed by atoms with E-state index in [9.17, 15) is 4.39 Å². The number of para-hydroxylation sites is 1. The maximum atomic E-state index is 13.1. The third-order valence-corrected chi connectivity index (χ3v) is 2.12. The lowest BCUT2D eigenvalue weighted by molar-refractivity contribution is 0.302. The largest absolute Gasteiger partial charge is 0.395 e. The highest BCUT2D eigenvalue weighted by atomic mass is 19.1. The van der Waals surface area contributed by atoms with Crippen molar-refractivity contribution in [1.29, 1.82) is 0 Å². The van der Waals surface area contributed by atoms with Crippen LogP contribution in [0.25, 0.3) is 0 Å². The van der Waals surface area contributed by atoms with E-state index >= 15 is 0 Å². The number of aliphatic hydroxyl groups is 1. The van der Waals surface area contributed by atoms with Crippen molar-refractivity contribution in [2.24, 2.45) is 0 Å². The first-order valence-corrected chi connectivity index (χ1v) is 4.60. The van der Waals surface area contributed by atoms with Crippen molar-refractivity contribution in [2.75, 3.05) is 30.3 Å². The van der Waals surface area contributed by atoms with Crippen LogP contribution in [0.1, 0.15) is 6.92 Å². The molecule has 0 aromatic heterocycles. The first kappa shape index (κ1) is 10.8. The maximum absolute atomic E-state index is 13.1. The van der Waals surface area contributed by atoms with Gasteiger partial charge in [0.15, 0.2) is 0 Å². The Bertz CT molecular complexity index is 304. The molecule has 4 heteroatoms. The molecule has 1 aromatic rings. The van der Waals surface area contributed by atoms with E-state index in [-0.39, 0.29) is 12.3 Å². The molecule has 1 rings (SSSR count). The summed E-state index contributed by atoms with van der Waals surface area (Å²) in [7, 11) is 0. The fourth-order valence-corrected chi connectivity index (χ4v) is 1.37. The Morgan fingerprint density at radius 2 is 2.21 bits per heavy atom. The minimum Gasteiger partial charge on any atom is -0.395 e. The number of nitrogens with zero attached hydrogens (tertiary/aromatic N) is 1. The van der Waals surface area contributed by atoms with Crippen LogP contribution >= 0.6 is 0 Å². The van der Waals surface area contributed by atoms with Gasteiger partial charge in [-0.25, -0.2) is 4.39 Å². The highest BCUT2D eigenvalue weighted by Gasteiger charge is 2.09. The summed E-state index contributed by atoms with van der Waals surface area (Å²) in [5.74, 6) is -0.418. The predicted octanol–water partition coefficient (Wildman–Crippen LogP) is 1.23. The van der Waals surface area contributed by atoms with E-state index in [0.717, 1.165) is 0 Å². The molecule has 0 spiro atoms. The molecule has 0 atom stereocenters. The molecule has 1 aromatic carbocycles. The van der Waals surface area contributed by atoms with E-state index in [1.54, 1.807) is 12.1 Å². The van der Waals surface area contributed by atoms with Crippen molar-refractivity contribution >= 4 is 11.4 Å². The molecule has 14 heavy (non-hydrogen) atoms. The Labute approximate surface area is 83.0 Å². The van der Waals surface area contributed by atoms with Gasteiger partial charge in [-0.2, -0.15) is 0 Å². The van der Waals surface area contributed by atoms with Crippen LogP contribution < -0.4 is 10.6 Å². The number of anilines is 2. The number of likely N-dealkylation sites (N-methyl/N-ethyl adjacent to an activating group) is 1. The van der Waals surface area contributed by atoms with Crippen LogP contribution in [-0.4, -0.2) is 24.8 Å². The molecule has 0 amide bonds. The van der Waals surface area contributed by atoms with Crippen LogP contribution in [0.2, 0.25) is 0 Å². The Morgan fingerprint density at radius 1 is 1.50 bits per heavy atom. The Morgan fingerprint density at radius 3 is 2.79 bits per heavy atom. The summed E-state index contributed by atoms with van der Waals surface area (Å²) in [6.07, 6.45) is 0. The molecule has 0 unspecified atom stereocenters. The first-order chi connectivity index (χ1) is 6.70. The number of hydrogen-bond acceptors (Lipinski definition) is 3. The molecule has 3 N–H and O–H groups in total. The number of hydrogen-bond donors (Lipinski definition) is 2. The summed E-state index contributed by atoms with van der Waals surface area (Å²) in [5, 5.41) is 8.81. The Balaban J connectivity index is 2.97. The van der Waals surface area contributed by atoms with Gasteiger partial charge in [-0.1, -0.05) is 6.07 Å². The second kappa shape index (κ2) is 4.81. The quantitative estimate of drug-likeness (QED) is 0.715. The molecule has 78 valence electrons. The topological polar surface area (TPSA) is 49.5 Å². The fourth-order valence-electron chi connectivity index (χ4n) is 1.37. The number of nitrogens with two attached hydrogens (primary N) is 1. The zero-order valence-electron chi connectivity index (χ0n) is 8.20. The van der Waals surface area contributed by atoms with Crippen molar-refractivity contribution in [1.82, 2.24) is 0 Å². The number of aliphatic hydroxyl groups excluding tert-OH is 1. The number of nitrogen functional groups attached to an aromatic ring is 1. The second-order valence-electron chi connectivity index (χ2n) is 2.98. The highest BCUT2D eigenvalue weighted by molar-refractivity contribution is 5.67. The van der Waals surface area contributed by atoms with Gasteiger partial charge in [0.25, 0.3) is 0 Å². The zero-order valence-corrected chi connectivity index (χ0v) is 8.20. The number of halogens is 1. The van der Waals surface area contributed by atoms with Crippen molar-refractivity contribution < 1.29 is 9.50 Å². The lowest BCUT2D eigenvalue weighted by atomic mass is 10.2. The van der Waals surface area contributed by atoms with Gasteiger partial charge in [0.05, 0.1) is 18.0 Å². The van der Waals surface area contributed by atoms with Gasteiger partial charge < -0.3 is 15.7 Å². The number of rotatable bonds is 4. The Hall–Kier alpha value is -1.29. The maximum Gasteiger partial charge on any atom is 0.148 e. The first-order valence-electron chi connectivity index (χ1n) is 4.60. The van der Waals surface area contributed by atoms with E-state index in [0.29, 0.717) is 18.8 Å². The molecule has 0 aliphatic heterocycles. The van der Waals surface area contributed by atoms with Gasteiger partial charge in [-0.3, -0.25) is 0 Å². The SMILES string of the molecule is CCN(CCO)c1cccc(F)c1N. The summed E-state index contributed by atoms with van der Waals surface area (Å²) >= 11 is 0. The van der Waals surface area contributed by atoms with Crippen LogP contribution in [-0.2, 0) is 0 Å². The van der Waals surface area contributed by atoms with Crippen LogP contribution in [0.4, 0.5) is 15.8 Å². The monoisotopic (exact) mass is 198 g/mol. The summed E-state index contributed by atoms with van der Waals surface area (Å²) in [5.41, 5.74) is 6.37. The lowest BCUT2D eigenvalue weighted by Crippen LogP contribution is -2.27. The molecule has 0 saturated heterocycles. The van der Waals surface area contributed by atoms with E-state index in [4.69, 9.17) is 10.8 Å². The summed E-state index contributed by atoms with van der Waals surface area (Å²) in [6.45, 7) is 3.11. The molecule has 0 aliphatic rings. The average molecular weight is 198 g/mol. The fraction of sp³-hybridized carbons (Fsp3) is 0.400. The molecule has 0 saturated carbocycles. The second-order valence-corrected chi connectivity index (χ2v) is 2.98. The van der Waals surface area contributed by atoms with Crippen molar-refractivity contribution in [3.05, 3.63) is 24.0 Å². The standard InChI is InChI=1S/C10H15FN2O/c1-2-13(6-7-14)9-5-3-4-8(11)10(9)12/h3-5,14H,2,6-7,12H2,1H3. The minimum absolute atomic E-state index is 0.0315. The molecule has 0 heterocycles. The molecule has 0 aliphatic carbocycles. The third-order valence-electron chi connectivity index (χ3n) is 2.12. The minimum atomic E-state index is -0.418. The lowest BCUT2D eigenvalue weighted by Gasteiger charge is -2.23. The van der Waals surface area contributed by atoms with Crippen molar-refractivity contribution in [3.8, 4) is 0 Å². The van der Waals surface area contributed by atoms with Gasteiger partial charge in [0, 0.05) is 13.1 Å². The molecular weight excluding hydrogens is 183 g/mol. The summed E-state index contributed by atoms with van der Waals surface area (Å²) < 4.78 is 13.1. The average Bonchev–Trinajstić information content (AvgIpc) is 2.19. The van der Waals surface area contributed by atoms with Gasteiger partial charge in [-0.15, -0.1) is 0 Å². The third kappa shape index (κ3) is 2.14. The molecular formula is C10H15FN2O. The van der Waals surface area contributed by atoms with Crippen LogP contribution in [0.3, 0.4) is 0 Å². The number of benzene rings is 1. The molecule has 0 fully saturated rings. The summed E-state index contributed by atoms with van der Waals surface area (Å²) in [6, 6.07) is 4.68.